The maximum absolute atomic E-state index is 6.16. The van der Waals surface area contributed by atoms with Gasteiger partial charge in [0.2, 0.25) is 0 Å². The van der Waals surface area contributed by atoms with Crippen LogP contribution in [0.25, 0.3) is 10.2 Å². The summed E-state index contributed by atoms with van der Waals surface area (Å²) in [6.07, 6.45) is 1.94. The van der Waals surface area contributed by atoms with Gasteiger partial charge in [0.05, 0.1) is 16.3 Å². The Bertz CT molecular complexity index is 751. The standard InChI is InChI=1S/C16H15ClN2S/c1-10-13(17)4-3-5-14(10)19-11(2)12-8-16-15(18-9-12)6-7-20-16/h3-9,11,19H,1-2H3. The summed E-state index contributed by atoms with van der Waals surface area (Å²) < 4.78 is 1.22. The van der Waals surface area contributed by atoms with E-state index in [1.807, 2.05) is 31.3 Å². The molecule has 0 spiro atoms. The lowest BCUT2D eigenvalue weighted by molar-refractivity contribution is 0.878. The number of rotatable bonds is 3. The summed E-state index contributed by atoms with van der Waals surface area (Å²) in [7, 11) is 0. The van der Waals surface area contributed by atoms with Crippen molar-refractivity contribution in [3.05, 3.63) is 58.1 Å². The van der Waals surface area contributed by atoms with E-state index in [0.29, 0.717) is 0 Å². The molecule has 2 heterocycles. The summed E-state index contributed by atoms with van der Waals surface area (Å²) in [4.78, 5) is 4.49. The summed E-state index contributed by atoms with van der Waals surface area (Å²) in [5.74, 6) is 0. The van der Waals surface area contributed by atoms with Crippen molar-refractivity contribution in [3.8, 4) is 0 Å². The smallest absolute Gasteiger partial charge is 0.0809 e. The van der Waals surface area contributed by atoms with Crippen LogP contribution < -0.4 is 5.32 Å². The Balaban J connectivity index is 1.88. The number of halogens is 1. The number of fused-ring (bicyclic) bond motifs is 1. The van der Waals surface area contributed by atoms with Crippen molar-refractivity contribution in [3.63, 3.8) is 0 Å². The minimum atomic E-state index is 0.186. The first-order valence-corrected chi connectivity index (χ1v) is 7.75. The molecule has 1 atom stereocenters. The zero-order valence-corrected chi connectivity index (χ0v) is 12.9. The van der Waals surface area contributed by atoms with Gasteiger partial charge in [-0.2, -0.15) is 0 Å². The van der Waals surface area contributed by atoms with Crippen LogP contribution in [0, 0.1) is 6.92 Å². The molecule has 1 N–H and O–H groups in total. The zero-order chi connectivity index (χ0) is 14.1. The van der Waals surface area contributed by atoms with Gasteiger partial charge in [-0.1, -0.05) is 17.7 Å². The first-order chi connectivity index (χ1) is 9.65. The van der Waals surface area contributed by atoms with Gasteiger partial charge in [-0.25, -0.2) is 0 Å². The molecule has 0 amide bonds. The third kappa shape index (κ3) is 2.51. The van der Waals surface area contributed by atoms with Crippen LogP contribution in [0.2, 0.25) is 5.02 Å². The fraction of sp³-hybridized carbons (Fsp3) is 0.188. The Labute approximate surface area is 127 Å². The van der Waals surface area contributed by atoms with Crippen molar-refractivity contribution in [2.45, 2.75) is 19.9 Å². The van der Waals surface area contributed by atoms with Crippen molar-refractivity contribution in [1.29, 1.82) is 0 Å². The monoisotopic (exact) mass is 302 g/mol. The fourth-order valence-electron chi connectivity index (χ4n) is 2.18. The first-order valence-electron chi connectivity index (χ1n) is 6.50. The quantitative estimate of drug-likeness (QED) is 0.697. The van der Waals surface area contributed by atoms with Gasteiger partial charge in [-0.15, -0.1) is 11.3 Å². The van der Waals surface area contributed by atoms with E-state index in [1.54, 1.807) is 11.3 Å². The van der Waals surface area contributed by atoms with Gasteiger partial charge < -0.3 is 5.32 Å². The number of nitrogens with zero attached hydrogens (tertiary/aromatic N) is 1. The number of hydrogen-bond donors (Lipinski definition) is 1. The highest BCUT2D eigenvalue weighted by Crippen LogP contribution is 2.28. The largest absolute Gasteiger partial charge is 0.378 e. The van der Waals surface area contributed by atoms with Crippen LogP contribution in [-0.4, -0.2) is 4.98 Å². The van der Waals surface area contributed by atoms with Gasteiger partial charge in [-0.3, -0.25) is 4.98 Å². The van der Waals surface area contributed by atoms with Gasteiger partial charge in [0.15, 0.2) is 0 Å². The molecule has 0 fully saturated rings. The van der Waals surface area contributed by atoms with Crippen molar-refractivity contribution >= 4 is 38.8 Å². The molecular formula is C16H15ClN2S. The number of thiophene rings is 1. The van der Waals surface area contributed by atoms with Crippen LogP contribution in [-0.2, 0) is 0 Å². The van der Waals surface area contributed by atoms with E-state index in [4.69, 9.17) is 11.6 Å². The van der Waals surface area contributed by atoms with E-state index in [1.165, 1.54) is 10.3 Å². The summed E-state index contributed by atoms with van der Waals surface area (Å²) in [5.41, 5.74) is 4.38. The molecule has 1 aromatic carbocycles. The first kappa shape index (κ1) is 13.4. The summed E-state index contributed by atoms with van der Waals surface area (Å²) >= 11 is 7.88. The number of pyridine rings is 1. The molecule has 2 aromatic heterocycles. The second-order valence-corrected chi connectivity index (χ2v) is 6.21. The Morgan fingerprint density at radius 3 is 3.00 bits per heavy atom. The lowest BCUT2D eigenvalue weighted by Crippen LogP contribution is -2.08. The van der Waals surface area contributed by atoms with E-state index in [0.717, 1.165) is 21.8 Å². The average Bonchev–Trinajstić information content (AvgIpc) is 2.91. The number of aromatic nitrogens is 1. The Hall–Kier alpha value is -1.58. The molecule has 2 nitrogen and oxygen atoms in total. The predicted molar refractivity (Wildman–Crippen MR) is 87.8 cm³/mol. The van der Waals surface area contributed by atoms with Crippen molar-refractivity contribution in [1.82, 2.24) is 4.98 Å². The molecule has 102 valence electrons. The molecule has 3 rings (SSSR count). The molecule has 0 aliphatic rings. The molecule has 20 heavy (non-hydrogen) atoms. The highest BCUT2D eigenvalue weighted by Gasteiger charge is 2.10. The Kier molecular flexibility index (Phi) is 3.64. The molecule has 4 heteroatoms. The SMILES string of the molecule is Cc1c(Cl)cccc1NC(C)c1cnc2ccsc2c1. The lowest BCUT2D eigenvalue weighted by Gasteiger charge is -2.17. The molecule has 0 radical (unpaired) electrons. The van der Waals surface area contributed by atoms with Gasteiger partial charge in [0.25, 0.3) is 0 Å². The zero-order valence-electron chi connectivity index (χ0n) is 11.4. The predicted octanol–water partition coefficient (Wildman–Crippen LogP) is 5.43. The van der Waals surface area contributed by atoms with Gasteiger partial charge >= 0.3 is 0 Å². The van der Waals surface area contributed by atoms with Gasteiger partial charge in [0.1, 0.15) is 0 Å². The van der Waals surface area contributed by atoms with Crippen LogP contribution in [0.5, 0.6) is 0 Å². The maximum Gasteiger partial charge on any atom is 0.0809 e. The molecule has 0 saturated heterocycles. The van der Waals surface area contributed by atoms with E-state index in [-0.39, 0.29) is 6.04 Å². The summed E-state index contributed by atoms with van der Waals surface area (Å²) in [6, 6.07) is 10.4. The third-order valence-corrected chi connectivity index (χ3v) is 4.73. The topological polar surface area (TPSA) is 24.9 Å². The second-order valence-electron chi connectivity index (χ2n) is 4.85. The van der Waals surface area contributed by atoms with E-state index >= 15 is 0 Å². The lowest BCUT2D eigenvalue weighted by atomic mass is 10.1. The molecule has 0 saturated carbocycles. The summed E-state index contributed by atoms with van der Waals surface area (Å²) in [6.45, 7) is 4.16. The van der Waals surface area contributed by atoms with Crippen molar-refractivity contribution in [2.24, 2.45) is 0 Å². The highest BCUT2D eigenvalue weighted by molar-refractivity contribution is 7.17. The molecule has 0 aliphatic heterocycles. The summed E-state index contributed by atoms with van der Waals surface area (Å²) in [5, 5.41) is 6.36. The van der Waals surface area contributed by atoms with Crippen LogP contribution in [0.15, 0.2) is 41.9 Å². The normalized spacial score (nSPS) is 12.6. The highest BCUT2D eigenvalue weighted by atomic mass is 35.5. The maximum atomic E-state index is 6.16. The fourth-order valence-corrected chi connectivity index (χ4v) is 3.14. The number of hydrogen-bond acceptors (Lipinski definition) is 3. The van der Waals surface area contributed by atoms with Crippen LogP contribution >= 0.6 is 22.9 Å². The van der Waals surface area contributed by atoms with Gasteiger partial charge in [0, 0.05) is 16.9 Å². The molecule has 0 aliphatic carbocycles. The number of nitrogens with one attached hydrogen (secondary N) is 1. The molecule has 3 aromatic rings. The third-order valence-electron chi connectivity index (χ3n) is 3.46. The molecule has 1 unspecified atom stereocenters. The molecular weight excluding hydrogens is 288 g/mol. The van der Waals surface area contributed by atoms with Crippen LogP contribution in [0.4, 0.5) is 5.69 Å². The van der Waals surface area contributed by atoms with E-state index < -0.39 is 0 Å². The van der Waals surface area contributed by atoms with E-state index in [9.17, 15) is 0 Å². The van der Waals surface area contributed by atoms with Crippen molar-refractivity contribution < 1.29 is 0 Å². The van der Waals surface area contributed by atoms with Crippen LogP contribution in [0.3, 0.4) is 0 Å². The number of anilines is 1. The average molecular weight is 303 g/mol. The molecule has 0 bridgehead atoms. The van der Waals surface area contributed by atoms with Gasteiger partial charge in [-0.05, 0) is 54.6 Å². The number of benzene rings is 1. The van der Waals surface area contributed by atoms with Crippen molar-refractivity contribution in [2.75, 3.05) is 5.32 Å². The second kappa shape index (κ2) is 5.43. The van der Waals surface area contributed by atoms with E-state index in [2.05, 4.69) is 34.7 Å². The Morgan fingerprint density at radius 2 is 2.15 bits per heavy atom. The van der Waals surface area contributed by atoms with Crippen LogP contribution in [0.1, 0.15) is 24.1 Å². The Morgan fingerprint density at radius 1 is 1.30 bits per heavy atom. The minimum absolute atomic E-state index is 0.186. The minimum Gasteiger partial charge on any atom is -0.378 e.